The van der Waals surface area contributed by atoms with E-state index in [2.05, 4.69) is 16.0 Å². The molecule has 2 rings (SSSR count). The van der Waals surface area contributed by atoms with Crippen LogP contribution in [0, 0.1) is 0 Å². The third-order valence-corrected chi connectivity index (χ3v) is 4.04. The average molecular weight is 399 g/mol. The first-order valence-electron chi connectivity index (χ1n) is 9.14. The smallest absolute Gasteiger partial charge is 0.251 e. The molecule has 8 nitrogen and oxygen atoms in total. The van der Waals surface area contributed by atoms with Gasteiger partial charge in [0.1, 0.15) is 11.5 Å². The van der Waals surface area contributed by atoms with E-state index in [1.807, 2.05) is 0 Å². The number of rotatable bonds is 10. The first-order chi connectivity index (χ1) is 14.0. The summed E-state index contributed by atoms with van der Waals surface area (Å²) >= 11 is 0. The summed E-state index contributed by atoms with van der Waals surface area (Å²) in [5.74, 6) is 0.658. The number of carbonyl (C=O) groups is 3. The van der Waals surface area contributed by atoms with E-state index in [1.54, 1.807) is 62.8 Å². The van der Waals surface area contributed by atoms with Crippen molar-refractivity contribution in [2.24, 2.45) is 0 Å². The van der Waals surface area contributed by atoms with Crippen molar-refractivity contribution in [2.45, 2.75) is 12.8 Å². The molecule has 8 heteroatoms. The van der Waals surface area contributed by atoms with Crippen molar-refractivity contribution in [3.63, 3.8) is 0 Å². The number of methoxy groups -OCH3 is 2. The molecule has 0 spiro atoms. The summed E-state index contributed by atoms with van der Waals surface area (Å²) in [6.07, 6.45) is 0.276. The molecular formula is C21H25N3O5. The van der Waals surface area contributed by atoms with Gasteiger partial charge >= 0.3 is 0 Å². The van der Waals surface area contributed by atoms with Crippen molar-refractivity contribution >= 4 is 23.4 Å². The SMILES string of the molecule is COc1ccc(NC(=O)CCNC(=O)CCNC(=O)c2ccc(OC)cc2)cc1. The summed E-state index contributed by atoms with van der Waals surface area (Å²) in [4.78, 5) is 35.7. The Balaban J connectivity index is 1.61. The molecule has 0 fully saturated rings. The number of nitrogens with one attached hydrogen (secondary N) is 3. The van der Waals surface area contributed by atoms with E-state index in [0.717, 1.165) is 0 Å². The van der Waals surface area contributed by atoms with E-state index in [4.69, 9.17) is 9.47 Å². The first kappa shape index (κ1) is 21.7. The maximum atomic E-state index is 12.0. The van der Waals surface area contributed by atoms with Crippen LogP contribution < -0.4 is 25.4 Å². The van der Waals surface area contributed by atoms with Crippen molar-refractivity contribution in [1.82, 2.24) is 10.6 Å². The highest BCUT2D eigenvalue weighted by Crippen LogP contribution is 2.15. The van der Waals surface area contributed by atoms with E-state index in [1.165, 1.54) is 0 Å². The van der Waals surface area contributed by atoms with Crippen molar-refractivity contribution in [3.8, 4) is 11.5 Å². The molecule has 0 bridgehead atoms. The van der Waals surface area contributed by atoms with Gasteiger partial charge in [-0.2, -0.15) is 0 Å². The molecule has 0 aliphatic carbocycles. The molecule has 3 amide bonds. The molecule has 2 aromatic carbocycles. The van der Waals surface area contributed by atoms with Crippen LogP contribution in [0.15, 0.2) is 48.5 Å². The lowest BCUT2D eigenvalue weighted by Crippen LogP contribution is -2.32. The normalized spacial score (nSPS) is 10.0. The number of carbonyl (C=O) groups excluding carboxylic acids is 3. The highest BCUT2D eigenvalue weighted by atomic mass is 16.5. The van der Waals surface area contributed by atoms with Gasteiger partial charge < -0.3 is 25.4 Å². The van der Waals surface area contributed by atoms with Gasteiger partial charge in [-0.25, -0.2) is 0 Å². The van der Waals surface area contributed by atoms with Crippen LogP contribution >= 0.6 is 0 Å². The first-order valence-corrected chi connectivity index (χ1v) is 9.14. The minimum atomic E-state index is -0.265. The van der Waals surface area contributed by atoms with Gasteiger partial charge in [0.15, 0.2) is 0 Å². The molecule has 0 heterocycles. The minimum Gasteiger partial charge on any atom is -0.497 e. The topological polar surface area (TPSA) is 106 Å². The van der Waals surface area contributed by atoms with E-state index in [-0.39, 0.29) is 43.7 Å². The third kappa shape index (κ3) is 7.53. The van der Waals surface area contributed by atoms with Crippen molar-refractivity contribution in [1.29, 1.82) is 0 Å². The Bertz CT molecular complexity index is 819. The van der Waals surface area contributed by atoms with Crippen LogP contribution in [0.4, 0.5) is 5.69 Å². The average Bonchev–Trinajstić information content (AvgIpc) is 2.74. The summed E-state index contributed by atoms with van der Waals surface area (Å²) in [6.45, 7) is 0.419. The minimum absolute atomic E-state index is 0.127. The number of amides is 3. The second kappa shape index (κ2) is 11.3. The molecule has 0 aliphatic heterocycles. The molecule has 0 atom stereocenters. The molecule has 3 N–H and O–H groups in total. The molecule has 0 radical (unpaired) electrons. The molecule has 154 valence electrons. The molecule has 2 aromatic rings. The van der Waals surface area contributed by atoms with Crippen LogP contribution in [0.1, 0.15) is 23.2 Å². The van der Waals surface area contributed by atoms with E-state index < -0.39 is 0 Å². The summed E-state index contributed by atoms with van der Waals surface area (Å²) in [5.41, 5.74) is 1.14. The standard InChI is InChI=1S/C21H25N3O5/c1-28-17-7-3-15(4-8-17)21(27)23-14-11-19(25)22-13-12-20(26)24-16-5-9-18(29-2)10-6-16/h3-10H,11-14H2,1-2H3,(H,22,25)(H,23,27)(H,24,26). The maximum absolute atomic E-state index is 12.0. The van der Waals surface area contributed by atoms with Gasteiger partial charge in [0, 0.05) is 37.2 Å². The third-order valence-electron chi connectivity index (χ3n) is 4.04. The number of ether oxygens (including phenoxy) is 2. The molecule has 0 unspecified atom stereocenters. The highest BCUT2D eigenvalue weighted by molar-refractivity contribution is 5.94. The zero-order valence-electron chi connectivity index (χ0n) is 16.5. The lowest BCUT2D eigenvalue weighted by Gasteiger charge is -2.08. The summed E-state index contributed by atoms with van der Waals surface area (Å²) in [5, 5.41) is 8.08. The zero-order chi connectivity index (χ0) is 21.1. The highest BCUT2D eigenvalue weighted by Gasteiger charge is 2.08. The second-order valence-electron chi connectivity index (χ2n) is 6.11. The summed E-state index contributed by atoms with van der Waals surface area (Å²) in [6, 6.07) is 13.7. The Morgan fingerprint density at radius 1 is 0.724 bits per heavy atom. The predicted molar refractivity (Wildman–Crippen MR) is 109 cm³/mol. The van der Waals surface area contributed by atoms with Gasteiger partial charge in [0.05, 0.1) is 14.2 Å². The van der Waals surface area contributed by atoms with Gasteiger partial charge in [-0.1, -0.05) is 0 Å². The number of anilines is 1. The predicted octanol–water partition coefficient (Wildman–Crippen LogP) is 1.97. The molecule has 0 aliphatic rings. The molecule has 0 saturated carbocycles. The van der Waals surface area contributed by atoms with Gasteiger partial charge in [0.25, 0.3) is 5.91 Å². The lowest BCUT2D eigenvalue weighted by atomic mass is 10.2. The fourth-order valence-electron chi connectivity index (χ4n) is 2.44. The van der Waals surface area contributed by atoms with E-state index >= 15 is 0 Å². The Morgan fingerprint density at radius 2 is 1.24 bits per heavy atom. The Hall–Kier alpha value is -3.55. The largest absolute Gasteiger partial charge is 0.497 e. The molecule has 29 heavy (non-hydrogen) atoms. The van der Waals surface area contributed by atoms with Gasteiger partial charge in [-0.15, -0.1) is 0 Å². The van der Waals surface area contributed by atoms with Crippen LogP contribution in [0.3, 0.4) is 0 Å². The quantitative estimate of drug-likeness (QED) is 0.566. The van der Waals surface area contributed by atoms with Crippen LogP contribution in [0.5, 0.6) is 11.5 Å². The van der Waals surface area contributed by atoms with Gasteiger partial charge in [0.2, 0.25) is 11.8 Å². The Kier molecular flexibility index (Phi) is 8.50. The summed E-state index contributed by atoms with van der Waals surface area (Å²) < 4.78 is 10.1. The zero-order valence-corrected chi connectivity index (χ0v) is 16.5. The number of benzene rings is 2. The second-order valence-corrected chi connectivity index (χ2v) is 6.11. The fraction of sp³-hybridized carbons (Fsp3) is 0.286. The maximum Gasteiger partial charge on any atom is 0.251 e. The van der Waals surface area contributed by atoms with Gasteiger partial charge in [-0.05, 0) is 48.5 Å². The van der Waals surface area contributed by atoms with Gasteiger partial charge in [-0.3, -0.25) is 14.4 Å². The Labute approximate surface area is 169 Å². The number of hydrogen-bond donors (Lipinski definition) is 3. The lowest BCUT2D eigenvalue weighted by molar-refractivity contribution is -0.121. The van der Waals surface area contributed by atoms with Crippen LogP contribution in [-0.2, 0) is 9.59 Å². The van der Waals surface area contributed by atoms with Crippen LogP contribution in [0.2, 0.25) is 0 Å². The number of hydrogen-bond acceptors (Lipinski definition) is 5. The fourth-order valence-corrected chi connectivity index (χ4v) is 2.44. The monoisotopic (exact) mass is 399 g/mol. The van der Waals surface area contributed by atoms with E-state index in [9.17, 15) is 14.4 Å². The Morgan fingerprint density at radius 3 is 1.83 bits per heavy atom. The van der Waals surface area contributed by atoms with Crippen LogP contribution in [-0.4, -0.2) is 45.0 Å². The van der Waals surface area contributed by atoms with Crippen molar-refractivity contribution < 1.29 is 23.9 Å². The van der Waals surface area contributed by atoms with Crippen molar-refractivity contribution in [2.75, 3.05) is 32.6 Å². The van der Waals surface area contributed by atoms with E-state index in [0.29, 0.717) is 22.7 Å². The summed E-state index contributed by atoms with van der Waals surface area (Å²) in [7, 11) is 3.12. The van der Waals surface area contributed by atoms with Crippen LogP contribution in [0.25, 0.3) is 0 Å². The molecule has 0 saturated heterocycles. The molecular weight excluding hydrogens is 374 g/mol. The van der Waals surface area contributed by atoms with Crippen molar-refractivity contribution in [3.05, 3.63) is 54.1 Å². The molecule has 0 aromatic heterocycles.